The van der Waals surface area contributed by atoms with Gasteiger partial charge in [0.15, 0.2) is 0 Å². The highest BCUT2D eigenvalue weighted by atomic mass is 16.2. The molecule has 2 amide bonds. The molecule has 4 rings (SSSR count). The number of benzene rings is 1. The number of pyridine rings is 1. The maximum atomic E-state index is 13.6. The molecule has 0 bridgehead atoms. The van der Waals surface area contributed by atoms with Crippen LogP contribution in [-0.4, -0.2) is 45.8 Å². The average molecular weight is 433 g/mol. The summed E-state index contributed by atoms with van der Waals surface area (Å²) in [4.78, 5) is 42.6. The molecule has 7 nitrogen and oxygen atoms in total. The summed E-state index contributed by atoms with van der Waals surface area (Å²) in [6.45, 7) is 5.49. The number of fused-ring (bicyclic) bond motifs is 1. The van der Waals surface area contributed by atoms with Gasteiger partial charge in [0.05, 0.1) is 18.0 Å². The molecule has 2 aliphatic rings. The van der Waals surface area contributed by atoms with E-state index in [0.717, 1.165) is 29.5 Å². The van der Waals surface area contributed by atoms with Crippen LogP contribution in [0.4, 0.5) is 0 Å². The monoisotopic (exact) mass is 432 g/mol. The Bertz CT molecular complexity index is 1150. The van der Waals surface area contributed by atoms with Crippen LogP contribution < -0.4 is 5.56 Å². The van der Waals surface area contributed by atoms with Gasteiger partial charge in [-0.25, -0.2) is 0 Å². The second-order valence-corrected chi connectivity index (χ2v) is 9.12. The standard InChI is InChI=1S/C25H28N4O3/c1-18(30)27-12-9-21-20(14-27)15-29(13-19-7-4-3-5-8-19)24(32)22(21)23(31)28-11-6-10-25(2,16-26)17-28/h3-5,7-8,15H,6,9-14,17H2,1-2H3. The minimum absolute atomic E-state index is 0.0230. The van der Waals surface area contributed by atoms with Gasteiger partial charge in [-0.15, -0.1) is 0 Å². The third-order valence-corrected chi connectivity index (χ3v) is 6.58. The van der Waals surface area contributed by atoms with Crippen LogP contribution in [0.15, 0.2) is 41.3 Å². The summed E-state index contributed by atoms with van der Waals surface area (Å²) in [5.41, 5.74) is 1.83. The first-order chi connectivity index (χ1) is 15.3. The lowest BCUT2D eigenvalue weighted by atomic mass is 9.83. The van der Waals surface area contributed by atoms with Gasteiger partial charge in [-0.05, 0) is 42.9 Å². The number of carbonyl (C=O) groups is 2. The predicted molar refractivity (Wildman–Crippen MR) is 120 cm³/mol. The van der Waals surface area contributed by atoms with Gasteiger partial charge in [0.25, 0.3) is 11.5 Å². The van der Waals surface area contributed by atoms with E-state index in [1.807, 2.05) is 37.3 Å². The Hall–Kier alpha value is -3.40. The summed E-state index contributed by atoms with van der Waals surface area (Å²) in [5, 5.41) is 9.57. The van der Waals surface area contributed by atoms with Gasteiger partial charge in [0, 0.05) is 39.3 Å². The molecule has 0 spiro atoms. The highest BCUT2D eigenvalue weighted by molar-refractivity contribution is 5.96. The molecule has 0 aliphatic carbocycles. The van der Waals surface area contributed by atoms with Crippen molar-refractivity contribution in [2.75, 3.05) is 19.6 Å². The number of rotatable bonds is 3. The van der Waals surface area contributed by atoms with Crippen molar-refractivity contribution < 1.29 is 9.59 Å². The topological polar surface area (TPSA) is 86.4 Å². The molecule has 0 radical (unpaired) electrons. The van der Waals surface area contributed by atoms with Gasteiger partial charge >= 0.3 is 0 Å². The van der Waals surface area contributed by atoms with Gasteiger partial charge in [0.1, 0.15) is 5.56 Å². The van der Waals surface area contributed by atoms with Gasteiger partial charge in [-0.2, -0.15) is 5.26 Å². The average Bonchev–Trinajstić information content (AvgIpc) is 2.79. The quantitative estimate of drug-likeness (QED) is 0.746. The molecule has 7 heteroatoms. The molecule has 1 aromatic heterocycles. The van der Waals surface area contributed by atoms with Crippen LogP contribution in [-0.2, 0) is 24.3 Å². The Morgan fingerprint density at radius 2 is 1.91 bits per heavy atom. The molecule has 3 heterocycles. The van der Waals surface area contributed by atoms with Crippen molar-refractivity contribution in [2.24, 2.45) is 5.41 Å². The number of hydrogen-bond donors (Lipinski definition) is 0. The zero-order valence-electron chi connectivity index (χ0n) is 18.6. The zero-order valence-corrected chi connectivity index (χ0v) is 18.6. The zero-order chi connectivity index (χ0) is 22.9. The first-order valence-corrected chi connectivity index (χ1v) is 11.1. The van der Waals surface area contributed by atoms with E-state index in [2.05, 4.69) is 6.07 Å². The van der Waals surface area contributed by atoms with Crippen molar-refractivity contribution in [2.45, 2.75) is 46.2 Å². The number of amides is 2. The Morgan fingerprint density at radius 3 is 2.59 bits per heavy atom. The largest absolute Gasteiger partial charge is 0.338 e. The van der Waals surface area contributed by atoms with Crippen molar-refractivity contribution in [1.29, 1.82) is 5.26 Å². The summed E-state index contributed by atoms with van der Waals surface area (Å²) in [6, 6.07) is 12.0. The Labute approximate surface area is 187 Å². The van der Waals surface area contributed by atoms with Crippen molar-refractivity contribution in [3.8, 4) is 6.07 Å². The van der Waals surface area contributed by atoms with Crippen LogP contribution in [0.2, 0.25) is 0 Å². The predicted octanol–water partition coefficient (Wildman–Crippen LogP) is 2.57. The van der Waals surface area contributed by atoms with E-state index >= 15 is 0 Å². The van der Waals surface area contributed by atoms with E-state index in [1.165, 1.54) is 6.92 Å². The molecular weight excluding hydrogens is 404 g/mol. The summed E-state index contributed by atoms with van der Waals surface area (Å²) >= 11 is 0. The molecule has 1 unspecified atom stereocenters. The van der Waals surface area contributed by atoms with E-state index in [-0.39, 0.29) is 22.9 Å². The third-order valence-electron chi connectivity index (χ3n) is 6.58. The van der Waals surface area contributed by atoms with Gasteiger partial charge in [-0.1, -0.05) is 30.3 Å². The van der Waals surface area contributed by atoms with Crippen LogP contribution in [0.5, 0.6) is 0 Å². The molecule has 166 valence electrons. The van der Waals surface area contributed by atoms with Crippen LogP contribution in [0, 0.1) is 16.7 Å². The number of carbonyl (C=O) groups excluding carboxylic acids is 2. The maximum Gasteiger partial charge on any atom is 0.264 e. The number of nitrogens with zero attached hydrogens (tertiary/aromatic N) is 4. The summed E-state index contributed by atoms with van der Waals surface area (Å²) in [6.07, 6.45) is 3.75. The summed E-state index contributed by atoms with van der Waals surface area (Å²) in [5.74, 6) is -0.323. The first kappa shape index (κ1) is 21.8. The number of hydrogen-bond acceptors (Lipinski definition) is 4. The van der Waals surface area contributed by atoms with Gasteiger partial charge in [-0.3, -0.25) is 14.4 Å². The van der Waals surface area contributed by atoms with Crippen molar-refractivity contribution in [3.05, 3.63) is 69.1 Å². The lowest BCUT2D eigenvalue weighted by Gasteiger charge is -2.37. The van der Waals surface area contributed by atoms with Crippen LogP contribution in [0.3, 0.4) is 0 Å². The minimum Gasteiger partial charge on any atom is -0.338 e. The lowest BCUT2D eigenvalue weighted by Crippen LogP contribution is -2.47. The van der Waals surface area contributed by atoms with E-state index < -0.39 is 5.41 Å². The second kappa shape index (κ2) is 8.62. The van der Waals surface area contributed by atoms with Crippen LogP contribution >= 0.6 is 0 Å². The minimum atomic E-state index is -0.600. The summed E-state index contributed by atoms with van der Waals surface area (Å²) < 4.78 is 1.58. The van der Waals surface area contributed by atoms with E-state index in [1.54, 1.807) is 20.6 Å². The fourth-order valence-corrected chi connectivity index (χ4v) is 4.76. The molecule has 1 atom stereocenters. The molecule has 1 saturated heterocycles. The molecule has 2 aliphatic heterocycles. The highest BCUT2D eigenvalue weighted by Gasteiger charge is 2.36. The molecule has 1 aromatic carbocycles. The van der Waals surface area contributed by atoms with Crippen molar-refractivity contribution in [3.63, 3.8) is 0 Å². The van der Waals surface area contributed by atoms with Gasteiger partial charge < -0.3 is 14.4 Å². The number of likely N-dealkylation sites (tertiary alicyclic amines) is 1. The van der Waals surface area contributed by atoms with E-state index in [4.69, 9.17) is 0 Å². The third kappa shape index (κ3) is 4.18. The SMILES string of the molecule is CC(=O)N1CCc2c(cn(Cc3ccccc3)c(=O)c2C(=O)N2CCCC(C)(C#N)C2)C1. The smallest absolute Gasteiger partial charge is 0.264 e. The molecule has 0 N–H and O–H groups in total. The van der Waals surface area contributed by atoms with Gasteiger partial charge in [0.2, 0.25) is 5.91 Å². The Morgan fingerprint density at radius 1 is 1.16 bits per heavy atom. The molecule has 1 fully saturated rings. The maximum absolute atomic E-state index is 13.6. The number of piperidine rings is 1. The summed E-state index contributed by atoms with van der Waals surface area (Å²) in [7, 11) is 0. The normalized spacial score (nSPS) is 20.4. The van der Waals surface area contributed by atoms with E-state index in [0.29, 0.717) is 39.1 Å². The Balaban J connectivity index is 1.78. The first-order valence-electron chi connectivity index (χ1n) is 11.1. The highest BCUT2D eigenvalue weighted by Crippen LogP contribution is 2.30. The van der Waals surface area contributed by atoms with E-state index in [9.17, 15) is 19.6 Å². The molecular formula is C25H28N4O3. The lowest BCUT2D eigenvalue weighted by molar-refractivity contribution is -0.129. The van der Waals surface area contributed by atoms with Crippen LogP contribution in [0.1, 0.15) is 53.7 Å². The number of aromatic nitrogens is 1. The molecule has 32 heavy (non-hydrogen) atoms. The second-order valence-electron chi connectivity index (χ2n) is 9.12. The fourth-order valence-electron chi connectivity index (χ4n) is 4.76. The molecule has 0 saturated carbocycles. The van der Waals surface area contributed by atoms with Crippen molar-refractivity contribution >= 4 is 11.8 Å². The number of nitriles is 1. The Kier molecular flexibility index (Phi) is 5.88. The molecule has 2 aromatic rings. The van der Waals surface area contributed by atoms with Crippen LogP contribution in [0.25, 0.3) is 0 Å². The fraction of sp³-hybridized carbons (Fsp3) is 0.440. The van der Waals surface area contributed by atoms with Crippen molar-refractivity contribution in [1.82, 2.24) is 14.4 Å².